The van der Waals surface area contributed by atoms with Gasteiger partial charge < -0.3 is 10.4 Å². The summed E-state index contributed by atoms with van der Waals surface area (Å²) >= 11 is 0. The topological polar surface area (TPSA) is 38.0 Å². The second kappa shape index (κ2) is 7.76. The summed E-state index contributed by atoms with van der Waals surface area (Å²) < 4.78 is 0. The van der Waals surface area contributed by atoms with Gasteiger partial charge in [0, 0.05) is 5.69 Å². The molecule has 0 aliphatic carbocycles. The van der Waals surface area contributed by atoms with Gasteiger partial charge in [-0.25, -0.2) is 0 Å². The minimum atomic E-state index is -1.57. The summed E-state index contributed by atoms with van der Waals surface area (Å²) in [6, 6.07) is 21.6. The van der Waals surface area contributed by atoms with Crippen molar-refractivity contribution in [2.45, 2.75) is 26.2 Å². The Bertz CT molecular complexity index is 597. The monoisotopic (exact) mass is 360 g/mol. The van der Waals surface area contributed by atoms with Crippen LogP contribution in [0, 0.1) is 0 Å². The van der Waals surface area contributed by atoms with Crippen LogP contribution in [0.5, 0.6) is 0 Å². The molecule has 0 saturated carbocycles. The first-order valence-corrected chi connectivity index (χ1v) is 16.4. The van der Waals surface area contributed by atoms with E-state index < -0.39 is 16.5 Å². The third-order valence-corrected chi connectivity index (χ3v) is 15.0. The van der Waals surface area contributed by atoms with Crippen molar-refractivity contribution in [2.24, 2.45) is 5.40 Å². The van der Waals surface area contributed by atoms with Gasteiger partial charge in [0.2, 0.25) is 0 Å². The quantitative estimate of drug-likeness (QED) is 0.569. The van der Waals surface area contributed by atoms with Crippen LogP contribution in [0.15, 0.2) is 60.7 Å². The van der Waals surface area contributed by atoms with Gasteiger partial charge in [-0.3, -0.25) is 0 Å². The lowest BCUT2D eigenvalue weighted by Gasteiger charge is -2.33. The molecule has 2 aromatic rings. The minimum absolute atomic E-state index is 0.192. The molecule has 0 radical (unpaired) electrons. The molecule has 0 fully saturated rings. The summed E-state index contributed by atoms with van der Waals surface area (Å²) in [5.74, 6) is 2.48. The molecule has 3 N–H and O–H groups in total. The van der Waals surface area contributed by atoms with E-state index in [9.17, 15) is 0 Å². The van der Waals surface area contributed by atoms with Crippen molar-refractivity contribution in [3.8, 4) is 0 Å². The van der Waals surface area contributed by atoms with Gasteiger partial charge in [-0.2, -0.15) is 0 Å². The first-order chi connectivity index (χ1) is 10.8. The maximum atomic E-state index is 6.50. The van der Waals surface area contributed by atoms with E-state index in [0.717, 1.165) is 0 Å². The molecule has 0 spiro atoms. The van der Waals surface area contributed by atoms with Gasteiger partial charge in [-0.05, 0) is 29.0 Å². The van der Waals surface area contributed by atoms with E-state index in [-0.39, 0.29) is 7.92 Å². The number of rotatable bonds is 7. The lowest BCUT2D eigenvalue weighted by atomic mass is 10.3. The van der Waals surface area contributed by atoms with Gasteiger partial charge in [-0.1, -0.05) is 82.6 Å². The van der Waals surface area contributed by atoms with Gasteiger partial charge in [0.1, 0.15) is 8.24 Å². The number of para-hydroxylation sites is 1. The highest BCUT2D eigenvalue weighted by Crippen LogP contribution is 2.39. The van der Waals surface area contributed by atoms with Gasteiger partial charge in [0.25, 0.3) is 0 Å². The van der Waals surface area contributed by atoms with Crippen LogP contribution < -0.4 is 15.7 Å². The van der Waals surface area contributed by atoms with E-state index >= 15 is 0 Å². The zero-order valence-electron chi connectivity index (χ0n) is 14.7. The number of nitrogens with two attached hydrogens (primary N) is 1. The maximum absolute atomic E-state index is 6.50. The average Bonchev–Trinajstić information content (AvgIpc) is 2.46. The fourth-order valence-electron chi connectivity index (χ4n) is 2.80. The highest BCUT2D eigenvalue weighted by Gasteiger charge is 2.30. The molecule has 0 saturated heterocycles. The van der Waals surface area contributed by atoms with Gasteiger partial charge in [0.15, 0.2) is 8.24 Å². The summed E-state index contributed by atoms with van der Waals surface area (Å²) in [7, 11) is -3.31. The van der Waals surface area contributed by atoms with Gasteiger partial charge in [0.05, 0.1) is 0 Å². The molecule has 0 aliphatic heterocycles. The van der Waals surface area contributed by atoms with Crippen molar-refractivity contribution in [3.63, 3.8) is 0 Å². The molecule has 1 unspecified atom stereocenters. The molecule has 23 heavy (non-hydrogen) atoms. The van der Waals surface area contributed by atoms with Crippen molar-refractivity contribution in [1.82, 2.24) is 0 Å². The Hall–Kier alpha value is -0.936. The Morgan fingerprint density at radius 1 is 0.826 bits per heavy atom. The van der Waals surface area contributed by atoms with E-state index in [2.05, 4.69) is 91.8 Å². The molecule has 1 atom stereocenters. The predicted octanol–water partition coefficient (Wildman–Crippen LogP) is 4.35. The summed E-state index contributed by atoms with van der Waals surface area (Å²) in [6.07, 6.45) is 0. The number of hydrogen-bond donors (Lipinski definition) is 2. The van der Waals surface area contributed by atoms with Crippen LogP contribution in [-0.4, -0.2) is 28.0 Å². The summed E-state index contributed by atoms with van der Waals surface area (Å²) in [5.41, 5.74) is 1.25. The second-order valence-corrected chi connectivity index (χ2v) is 19.7. The molecule has 0 heterocycles. The lowest BCUT2D eigenvalue weighted by molar-refractivity contribution is 1.52. The Balaban J connectivity index is 2.16. The molecule has 2 nitrogen and oxygen atoms in total. The highest BCUT2D eigenvalue weighted by atomic mass is 31.1. The molecule has 5 heteroatoms. The van der Waals surface area contributed by atoms with Crippen LogP contribution >= 0.6 is 7.92 Å². The maximum Gasteiger partial charge on any atom is 0.151 e. The van der Waals surface area contributed by atoms with Crippen LogP contribution in [0.2, 0.25) is 26.2 Å². The Morgan fingerprint density at radius 2 is 1.35 bits per heavy atom. The Kier molecular flexibility index (Phi) is 6.21. The van der Waals surface area contributed by atoms with Crippen LogP contribution in [0.25, 0.3) is 0 Å². The predicted molar refractivity (Wildman–Crippen MR) is 112 cm³/mol. The van der Waals surface area contributed by atoms with Crippen LogP contribution in [0.1, 0.15) is 0 Å². The smallest absolute Gasteiger partial charge is 0.151 e. The Labute approximate surface area is 144 Å². The van der Waals surface area contributed by atoms with E-state index in [1.54, 1.807) is 0 Å². The Morgan fingerprint density at radius 3 is 1.87 bits per heavy atom. The largest absolute Gasteiger partial charge is 0.410 e. The number of nitrogens with one attached hydrogen (secondary N) is 1. The molecule has 0 bridgehead atoms. The zero-order valence-corrected chi connectivity index (χ0v) is 17.6. The fourth-order valence-corrected chi connectivity index (χ4v) is 15.3. The van der Waals surface area contributed by atoms with Gasteiger partial charge >= 0.3 is 0 Å². The SMILES string of the molecule is C[Si](C)(N)CP(C[Si](C)(C)Nc1ccccc1)c1ccccc1. The molecule has 0 aromatic heterocycles. The lowest BCUT2D eigenvalue weighted by Crippen LogP contribution is -2.47. The normalized spacial score (nSPS) is 13.6. The van der Waals surface area contributed by atoms with Crippen molar-refractivity contribution in [2.75, 3.05) is 16.6 Å². The standard InChI is InChI=1S/C18H29N2PSi2/c1-22(2,19)15-21(18-13-9-6-10-14-18)16-23(3,4)20-17-11-7-5-8-12-17/h5-14,20H,15-16,19H2,1-4H3. The third kappa shape index (κ3) is 6.60. The van der Waals surface area contributed by atoms with Crippen molar-refractivity contribution in [1.29, 1.82) is 0 Å². The van der Waals surface area contributed by atoms with Crippen LogP contribution in [-0.2, 0) is 0 Å². The fraction of sp³-hybridized carbons (Fsp3) is 0.333. The van der Waals surface area contributed by atoms with Crippen molar-refractivity contribution >= 4 is 35.4 Å². The first-order valence-electron chi connectivity index (χ1n) is 8.17. The molecule has 124 valence electrons. The first kappa shape index (κ1) is 18.4. The number of anilines is 1. The van der Waals surface area contributed by atoms with Crippen LogP contribution in [0.4, 0.5) is 5.69 Å². The molecule has 2 aromatic carbocycles. The zero-order chi connectivity index (χ0) is 16.9. The van der Waals surface area contributed by atoms with E-state index in [1.165, 1.54) is 22.6 Å². The number of benzene rings is 2. The van der Waals surface area contributed by atoms with E-state index in [1.807, 2.05) is 0 Å². The second-order valence-electron chi connectivity index (χ2n) is 7.56. The third-order valence-electron chi connectivity index (χ3n) is 3.56. The van der Waals surface area contributed by atoms with E-state index in [0.29, 0.717) is 0 Å². The van der Waals surface area contributed by atoms with E-state index in [4.69, 9.17) is 5.40 Å². The number of hydrogen-bond acceptors (Lipinski definition) is 2. The van der Waals surface area contributed by atoms with Crippen molar-refractivity contribution in [3.05, 3.63) is 60.7 Å². The average molecular weight is 361 g/mol. The highest BCUT2D eigenvalue weighted by molar-refractivity contribution is 7.70. The molecule has 2 rings (SSSR count). The van der Waals surface area contributed by atoms with Gasteiger partial charge in [-0.15, -0.1) is 0 Å². The summed E-state index contributed by atoms with van der Waals surface area (Å²) in [5, 5.41) is 8.00. The van der Waals surface area contributed by atoms with Crippen molar-refractivity contribution < 1.29 is 0 Å². The summed E-state index contributed by atoms with van der Waals surface area (Å²) in [4.78, 5) is 3.83. The minimum Gasteiger partial charge on any atom is -0.410 e. The molecular weight excluding hydrogens is 331 g/mol. The summed E-state index contributed by atoms with van der Waals surface area (Å²) in [6.45, 7) is 9.43. The molecule has 0 aliphatic rings. The van der Waals surface area contributed by atoms with Crippen LogP contribution in [0.3, 0.4) is 0 Å². The molecule has 0 amide bonds. The molecular formula is C18H29N2PSi2.